The molecule has 0 spiro atoms. The number of likely N-dealkylation sites (tertiary alicyclic amines) is 1. The first-order valence-corrected chi connectivity index (χ1v) is 9.21. The van der Waals surface area contributed by atoms with Crippen LogP contribution in [0.2, 0.25) is 0 Å². The van der Waals surface area contributed by atoms with Crippen LogP contribution < -0.4 is 4.74 Å². The van der Waals surface area contributed by atoms with E-state index in [1.807, 2.05) is 4.90 Å². The molecule has 0 N–H and O–H groups in total. The molecule has 3 rings (SSSR count). The lowest BCUT2D eigenvalue weighted by Crippen LogP contribution is -2.64. The average molecular weight is 347 g/mol. The smallest absolute Gasteiger partial charge is 0.255 e. The van der Waals surface area contributed by atoms with Crippen LogP contribution in [0.25, 0.3) is 0 Å². The van der Waals surface area contributed by atoms with Gasteiger partial charge in [-0.15, -0.1) is 0 Å². The Hall–Kier alpha value is -1.66. The van der Waals surface area contributed by atoms with E-state index in [2.05, 4.69) is 23.7 Å². The molecule has 6 heteroatoms. The second kappa shape index (κ2) is 8.15. The number of ether oxygens (including phenoxy) is 2. The van der Waals surface area contributed by atoms with Crippen LogP contribution in [0.15, 0.2) is 18.3 Å². The Morgan fingerprint density at radius 1 is 1.32 bits per heavy atom. The van der Waals surface area contributed by atoms with Crippen molar-refractivity contribution in [2.24, 2.45) is 5.92 Å². The second-order valence-electron chi connectivity index (χ2n) is 7.39. The summed E-state index contributed by atoms with van der Waals surface area (Å²) in [5.41, 5.74) is 0.626. The molecule has 1 aromatic rings. The van der Waals surface area contributed by atoms with Crippen LogP contribution in [0.3, 0.4) is 0 Å². The van der Waals surface area contributed by atoms with Crippen LogP contribution in [-0.2, 0) is 4.74 Å². The Morgan fingerprint density at radius 3 is 2.60 bits per heavy atom. The summed E-state index contributed by atoms with van der Waals surface area (Å²) >= 11 is 0. The lowest BCUT2D eigenvalue weighted by molar-refractivity contribution is -0.0294. The first-order chi connectivity index (χ1) is 12.1. The Balaban J connectivity index is 1.58. The molecule has 1 amide bonds. The van der Waals surface area contributed by atoms with E-state index in [-0.39, 0.29) is 5.91 Å². The van der Waals surface area contributed by atoms with E-state index in [0.717, 1.165) is 45.7 Å². The normalized spacial score (nSPS) is 19.3. The monoisotopic (exact) mass is 347 g/mol. The third kappa shape index (κ3) is 4.30. The van der Waals surface area contributed by atoms with Crippen molar-refractivity contribution in [2.75, 3.05) is 40.0 Å². The number of methoxy groups -OCH3 is 1. The summed E-state index contributed by atoms with van der Waals surface area (Å²) in [6, 6.07) is 4.56. The van der Waals surface area contributed by atoms with Crippen molar-refractivity contribution in [1.82, 2.24) is 14.8 Å². The number of nitrogens with zero attached hydrogens (tertiary/aromatic N) is 3. The molecule has 0 aromatic carbocycles. The van der Waals surface area contributed by atoms with Gasteiger partial charge in [0.15, 0.2) is 0 Å². The summed E-state index contributed by atoms with van der Waals surface area (Å²) in [7, 11) is 1.57. The van der Waals surface area contributed by atoms with Crippen molar-refractivity contribution in [1.29, 1.82) is 0 Å². The fourth-order valence-electron chi connectivity index (χ4n) is 3.68. The van der Waals surface area contributed by atoms with Crippen LogP contribution in [0.5, 0.6) is 5.88 Å². The maximum atomic E-state index is 12.6. The zero-order valence-corrected chi connectivity index (χ0v) is 15.5. The summed E-state index contributed by atoms with van der Waals surface area (Å²) in [5.74, 6) is 1.21. The summed E-state index contributed by atoms with van der Waals surface area (Å²) in [6.07, 6.45) is 3.79. The molecule has 0 atom stereocenters. The number of rotatable bonds is 6. The van der Waals surface area contributed by atoms with Crippen molar-refractivity contribution in [3.05, 3.63) is 23.9 Å². The lowest BCUT2D eigenvalue weighted by Gasteiger charge is -2.49. The van der Waals surface area contributed by atoms with E-state index in [4.69, 9.17) is 9.47 Å². The average Bonchev–Trinajstić information content (AvgIpc) is 2.60. The van der Waals surface area contributed by atoms with Gasteiger partial charge >= 0.3 is 0 Å². The largest absolute Gasteiger partial charge is 0.481 e. The predicted octanol–water partition coefficient (Wildman–Crippen LogP) is 2.05. The highest BCUT2D eigenvalue weighted by Crippen LogP contribution is 2.25. The number of carbonyl (C=O) groups is 1. The van der Waals surface area contributed by atoms with Gasteiger partial charge in [0.05, 0.1) is 12.7 Å². The maximum absolute atomic E-state index is 12.6. The fraction of sp³-hybridized carbons (Fsp3) is 0.684. The van der Waals surface area contributed by atoms with E-state index in [1.165, 1.54) is 0 Å². The van der Waals surface area contributed by atoms with Gasteiger partial charge in [-0.1, -0.05) is 13.8 Å². The van der Waals surface area contributed by atoms with E-state index in [0.29, 0.717) is 29.4 Å². The second-order valence-corrected chi connectivity index (χ2v) is 7.39. The fourth-order valence-corrected chi connectivity index (χ4v) is 3.68. The van der Waals surface area contributed by atoms with Crippen molar-refractivity contribution in [3.8, 4) is 5.88 Å². The minimum absolute atomic E-state index is 0.0582. The molecular formula is C19H29N3O3. The Kier molecular flexibility index (Phi) is 5.91. The van der Waals surface area contributed by atoms with Crippen molar-refractivity contribution >= 4 is 5.91 Å². The zero-order chi connectivity index (χ0) is 17.8. The Bertz CT molecular complexity index is 564. The first-order valence-electron chi connectivity index (χ1n) is 9.21. The molecule has 0 radical (unpaired) electrons. The first kappa shape index (κ1) is 18.1. The van der Waals surface area contributed by atoms with Crippen LogP contribution >= 0.6 is 0 Å². The maximum Gasteiger partial charge on any atom is 0.255 e. The van der Waals surface area contributed by atoms with E-state index in [9.17, 15) is 4.79 Å². The van der Waals surface area contributed by atoms with Gasteiger partial charge in [0.1, 0.15) is 0 Å². The summed E-state index contributed by atoms with van der Waals surface area (Å²) in [5, 5.41) is 0. The minimum Gasteiger partial charge on any atom is -0.481 e. The molecule has 2 saturated heterocycles. The summed E-state index contributed by atoms with van der Waals surface area (Å²) in [4.78, 5) is 21.3. The molecule has 1 aromatic heterocycles. The highest BCUT2D eigenvalue weighted by atomic mass is 16.5. The van der Waals surface area contributed by atoms with Crippen LogP contribution in [-0.4, -0.2) is 72.7 Å². The Labute approximate surface area is 150 Å². The quantitative estimate of drug-likeness (QED) is 0.788. The number of hydrogen-bond donors (Lipinski definition) is 0. The molecule has 138 valence electrons. The minimum atomic E-state index is 0.0582. The van der Waals surface area contributed by atoms with Gasteiger partial charge < -0.3 is 14.4 Å². The van der Waals surface area contributed by atoms with Gasteiger partial charge in [0.25, 0.3) is 5.91 Å². The van der Waals surface area contributed by atoms with Crippen LogP contribution in [0, 0.1) is 5.92 Å². The van der Waals surface area contributed by atoms with Crippen LogP contribution in [0.1, 0.15) is 37.0 Å². The van der Waals surface area contributed by atoms with Gasteiger partial charge in [-0.25, -0.2) is 4.98 Å². The number of hydrogen-bond acceptors (Lipinski definition) is 5. The summed E-state index contributed by atoms with van der Waals surface area (Å²) in [6.45, 7) is 8.91. The molecule has 6 nitrogen and oxygen atoms in total. The molecule has 25 heavy (non-hydrogen) atoms. The van der Waals surface area contributed by atoms with Gasteiger partial charge in [-0.2, -0.15) is 0 Å². The predicted molar refractivity (Wildman–Crippen MR) is 95.9 cm³/mol. The van der Waals surface area contributed by atoms with Crippen molar-refractivity contribution in [3.63, 3.8) is 0 Å². The highest BCUT2D eigenvalue weighted by molar-refractivity contribution is 5.94. The molecule has 0 bridgehead atoms. The third-order valence-electron chi connectivity index (χ3n) is 5.05. The number of amides is 1. The molecule has 0 unspecified atom stereocenters. The topological polar surface area (TPSA) is 54.9 Å². The van der Waals surface area contributed by atoms with Crippen molar-refractivity contribution in [2.45, 2.75) is 38.8 Å². The molecule has 2 aliphatic heterocycles. The van der Waals surface area contributed by atoms with Gasteiger partial charge in [-0.3, -0.25) is 9.69 Å². The standard InChI is InChI=1S/C19H29N3O3/c1-14(2)11-22(16-6-8-25-9-7-16)17-12-21(13-17)19(23)15-4-5-18(24-3)20-10-15/h4-5,10,14,16-17H,6-9,11-13H2,1-3H3. The molecular weight excluding hydrogens is 318 g/mol. The highest BCUT2D eigenvalue weighted by Gasteiger charge is 2.38. The van der Waals surface area contributed by atoms with Gasteiger partial charge in [0, 0.05) is 57.2 Å². The van der Waals surface area contributed by atoms with E-state index < -0.39 is 0 Å². The molecule has 0 aliphatic carbocycles. The zero-order valence-electron chi connectivity index (χ0n) is 15.5. The molecule has 0 saturated carbocycles. The Morgan fingerprint density at radius 2 is 2.04 bits per heavy atom. The summed E-state index contributed by atoms with van der Waals surface area (Å²) < 4.78 is 10.6. The van der Waals surface area contributed by atoms with Crippen LogP contribution in [0.4, 0.5) is 0 Å². The molecule has 3 heterocycles. The SMILES string of the molecule is COc1ccc(C(=O)N2CC(N(CC(C)C)C3CCOCC3)C2)cn1. The van der Waals surface area contributed by atoms with Gasteiger partial charge in [0.2, 0.25) is 5.88 Å². The van der Waals surface area contributed by atoms with E-state index >= 15 is 0 Å². The molecule has 2 fully saturated rings. The third-order valence-corrected chi connectivity index (χ3v) is 5.05. The van der Waals surface area contributed by atoms with Crippen molar-refractivity contribution < 1.29 is 14.3 Å². The van der Waals surface area contributed by atoms with Gasteiger partial charge in [-0.05, 0) is 24.8 Å². The number of carbonyl (C=O) groups excluding carboxylic acids is 1. The lowest BCUT2D eigenvalue weighted by atomic mass is 9.97. The van der Waals surface area contributed by atoms with E-state index in [1.54, 1.807) is 25.4 Å². The molecule has 2 aliphatic rings. The number of pyridine rings is 1. The number of aromatic nitrogens is 1.